The molecule has 1 saturated carbocycles. The quantitative estimate of drug-likeness (QED) is 0.857. The van der Waals surface area contributed by atoms with Crippen molar-refractivity contribution in [2.45, 2.75) is 18.4 Å². The summed E-state index contributed by atoms with van der Waals surface area (Å²) in [4.78, 5) is 25.9. The Kier molecular flexibility index (Phi) is 3.84. The van der Waals surface area contributed by atoms with Gasteiger partial charge in [0, 0.05) is 57.4 Å². The number of nitrogens with zero attached hydrogens (tertiary/aromatic N) is 5. The number of likely N-dealkylation sites (N-methyl/N-ethyl adjacent to an activating group) is 1. The van der Waals surface area contributed by atoms with E-state index in [0.717, 1.165) is 31.9 Å². The van der Waals surface area contributed by atoms with Gasteiger partial charge >= 0.3 is 0 Å². The van der Waals surface area contributed by atoms with E-state index in [2.05, 4.69) is 28.0 Å². The van der Waals surface area contributed by atoms with Gasteiger partial charge in [0.15, 0.2) is 0 Å². The number of aryl methyl sites for hydroxylation is 1. The van der Waals surface area contributed by atoms with Crippen LogP contribution in [0.15, 0.2) is 36.9 Å². The molecule has 3 unspecified atom stereocenters. The van der Waals surface area contributed by atoms with Gasteiger partial charge in [-0.05, 0) is 31.0 Å². The number of pyridine rings is 1. The van der Waals surface area contributed by atoms with E-state index < -0.39 is 0 Å². The number of carbonyl (C=O) groups is 1. The standard InChI is InChI=1S/C18H23N5O/c1-21-8-9-23(12-16(21)17-20-6-7-22(17)2)18(24)15-10-14(15)13-4-3-5-19-11-13/h3-7,11,14-16H,8-10,12H2,1-2H3. The Bertz CT molecular complexity index is 728. The van der Waals surface area contributed by atoms with Crippen molar-refractivity contribution in [2.24, 2.45) is 13.0 Å². The third-order valence-electron chi connectivity index (χ3n) is 5.34. The number of hydrogen-bond acceptors (Lipinski definition) is 4. The number of aromatic nitrogens is 3. The molecule has 0 spiro atoms. The highest BCUT2D eigenvalue weighted by molar-refractivity contribution is 5.83. The molecule has 1 aliphatic heterocycles. The van der Waals surface area contributed by atoms with Crippen LogP contribution in [0.1, 0.15) is 29.8 Å². The summed E-state index contributed by atoms with van der Waals surface area (Å²) in [5.74, 6) is 1.78. The molecular formula is C18H23N5O. The predicted molar refractivity (Wildman–Crippen MR) is 90.2 cm³/mol. The van der Waals surface area contributed by atoms with Crippen molar-refractivity contribution in [1.82, 2.24) is 24.3 Å². The van der Waals surface area contributed by atoms with Crippen LogP contribution in [0.5, 0.6) is 0 Å². The van der Waals surface area contributed by atoms with Crippen molar-refractivity contribution in [3.8, 4) is 0 Å². The van der Waals surface area contributed by atoms with Gasteiger partial charge in [-0.1, -0.05) is 6.07 Å². The van der Waals surface area contributed by atoms with Crippen molar-refractivity contribution >= 4 is 5.91 Å². The molecule has 0 aromatic carbocycles. The SMILES string of the molecule is CN1CCN(C(=O)C2CC2c2cccnc2)CC1c1nccn1C. The third kappa shape index (κ3) is 2.71. The van der Waals surface area contributed by atoms with E-state index in [-0.39, 0.29) is 17.9 Å². The first-order valence-corrected chi connectivity index (χ1v) is 8.51. The van der Waals surface area contributed by atoms with Crippen molar-refractivity contribution < 1.29 is 4.79 Å². The molecule has 6 heteroatoms. The van der Waals surface area contributed by atoms with Crippen LogP contribution in [0.25, 0.3) is 0 Å². The van der Waals surface area contributed by atoms with E-state index in [1.807, 2.05) is 41.2 Å². The Morgan fingerprint density at radius 1 is 1.25 bits per heavy atom. The average molecular weight is 325 g/mol. The maximum absolute atomic E-state index is 12.9. The fourth-order valence-corrected chi connectivity index (χ4v) is 3.72. The summed E-state index contributed by atoms with van der Waals surface area (Å²) in [5, 5.41) is 0. The minimum Gasteiger partial charge on any atom is -0.339 e. The summed E-state index contributed by atoms with van der Waals surface area (Å²) < 4.78 is 2.05. The predicted octanol–water partition coefficient (Wildman–Crippen LogP) is 1.43. The van der Waals surface area contributed by atoms with E-state index in [1.165, 1.54) is 5.56 Å². The minimum absolute atomic E-state index is 0.125. The summed E-state index contributed by atoms with van der Waals surface area (Å²) >= 11 is 0. The van der Waals surface area contributed by atoms with Gasteiger partial charge < -0.3 is 9.47 Å². The first-order chi connectivity index (χ1) is 11.6. The van der Waals surface area contributed by atoms with Gasteiger partial charge in [-0.3, -0.25) is 14.7 Å². The normalized spacial score (nSPS) is 27.2. The molecule has 6 nitrogen and oxygen atoms in total. The van der Waals surface area contributed by atoms with Crippen LogP contribution in [-0.2, 0) is 11.8 Å². The highest BCUT2D eigenvalue weighted by Gasteiger charge is 2.47. The largest absolute Gasteiger partial charge is 0.339 e. The number of imidazole rings is 1. The fraction of sp³-hybridized carbons (Fsp3) is 0.500. The van der Waals surface area contributed by atoms with Gasteiger partial charge in [0.2, 0.25) is 5.91 Å². The molecule has 3 atom stereocenters. The van der Waals surface area contributed by atoms with Crippen LogP contribution in [0.2, 0.25) is 0 Å². The maximum atomic E-state index is 12.9. The Balaban J connectivity index is 1.45. The molecule has 0 N–H and O–H groups in total. The Morgan fingerprint density at radius 2 is 2.12 bits per heavy atom. The summed E-state index contributed by atoms with van der Waals surface area (Å²) in [6.07, 6.45) is 8.40. The lowest BCUT2D eigenvalue weighted by molar-refractivity contribution is -0.135. The Morgan fingerprint density at radius 3 is 2.83 bits per heavy atom. The highest BCUT2D eigenvalue weighted by atomic mass is 16.2. The van der Waals surface area contributed by atoms with Crippen LogP contribution in [0.4, 0.5) is 0 Å². The van der Waals surface area contributed by atoms with Gasteiger partial charge in [0.25, 0.3) is 0 Å². The summed E-state index contributed by atoms with van der Waals surface area (Å²) in [7, 11) is 4.12. The van der Waals surface area contributed by atoms with Crippen molar-refractivity contribution in [3.63, 3.8) is 0 Å². The zero-order valence-electron chi connectivity index (χ0n) is 14.2. The molecule has 4 rings (SSSR count). The average Bonchev–Trinajstić information content (AvgIpc) is 3.30. The fourth-order valence-electron chi connectivity index (χ4n) is 3.72. The number of hydrogen-bond donors (Lipinski definition) is 0. The summed E-state index contributed by atoms with van der Waals surface area (Å²) in [6, 6.07) is 4.19. The molecule has 2 aromatic heterocycles. The van der Waals surface area contributed by atoms with Gasteiger partial charge in [0.1, 0.15) is 5.82 Å². The maximum Gasteiger partial charge on any atom is 0.226 e. The molecule has 1 aliphatic carbocycles. The van der Waals surface area contributed by atoms with Crippen LogP contribution in [0, 0.1) is 5.92 Å². The lowest BCUT2D eigenvalue weighted by Crippen LogP contribution is -2.50. The monoisotopic (exact) mass is 325 g/mol. The van der Waals surface area contributed by atoms with Gasteiger partial charge in [-0.25, -0.2) is 4.98 Å². The number of carbonyl (C=O) groups excluding carboxylic acids is 1. The van der Waals surface area contributed by atoms with E-state index in [0.29, 0.717) is 5.92 Å². The van der Waals surface area contributed by atoms with Crippen molar-refractivity contribution in [2.75, 3.05) is 26.7 Å². The van der Waals surface area contributed by atoms with Gasteiger partial charge in [-0.2, -0.15) is 0 Å². The number of rotatable bonds is 3. The van der Waals surface area contributed by atoms with Crippen LogP contribution >= 0.6 is 0 Å². The van der Waals surface area contributed by atoms with Crippen LogP contribution in [-0.4, -0.2) is 56.9 Å². The molecule has 2 aromatic rings. The molecule has 2 fully saturated rings. The summed E-state index contributed by atoms with van der Waals surface area (Å²) in [5.41, 5.74) is 1.19. The number of amides is 1. The first-order valence-electron chi connectivity index (χ1n) is 8.51. The van der Waals surface area contributed by atoms with E-state index in [9.17, 15) is 4.79 Å². The minimum atomic E-state index is 0.125. The third-order valence-corrected chi connectivity index (χ3v) is 5.34. The second-order valence-electron chi connectivity index (χ2n) is 6.91. The second kappa shape index (κ2) is 6.02. The molecule has 2 aliphatic rings. The molecule has 126 valence electrons. The van der Waals surface area contributed by atoms with E-state index in [1.54, 1.807) is 6.20 Å². The molecular weight excluding hydrogens is 302 g/mol. The van der Waals surface area contributed by atoms with Crippen LogP contribution < -0.4 is 0 Å². The lowest BCUT2D eigenvalue weighted by atomic mass is 10.1. The summed E-state index contributed by atoms with van der Waals surface area (Å²) in [6.45, 7) is 2.40. The second-order valence-corrected chi connectivity index (χ2v) is 6.91. The zero-order valence-corrected chi connectivity index (χ0v) is 14.2. The molecule has 1 amide bonds. The Labute approximate surface area is 142 Å². The van der Waals surface area contributed by atoms with Crippen molar-refractivity contribution in [3.05, 3.63) is 48.3 Å². The van der Waals surface area contributed by atoms with Gasteiger partial charge in [-0.15, -0.1) is 0 Å². The Hall–Kier alpha value is -2.21. The zero-order chi connectivity index (χ0) is 16.7. The van der Waals surface area contributed by atoms with Gasteiger partial charge in [0.05, 0.1) is 6.04 Å². The molecule has 0 radical (unpaired) electrons. The van der Waals surface area contributed by atoms with E-state index >= 15 is 0 Å². The number of piperazine rings is 1. The van der Waals surface area contributed by atoms with Crippen LogP contribution in [0.3, 0.4) is 0 Å². The first kappa shape index (κ1) is 15.3. The molecule has 3 heterocycles. The topological polar surface area (TPSA) is 54.3 Å². The highest BCUT2D eigenvalue weighted by Crippen LogP contribution is 2.48. The molecule has 0 bridgehead atoms. The molecule has 1 saturated heterocycles. The van der Waals surface area contributed by atoms with Crippen molar-refractivity contribution in [1.29, 1.82) is 0 Å². The van der Waals surface area contributed by atoms with E-state index in [4.69, 9.17) is 0 Å². The smallest absolute Gasteiger partial charge is 0.226 e. The lowest BCUT2D eigenvalue weighted by Gasteiger charge is -2.39. The molecule has 24 heavy (non-hydrogen) atoms.